The molecular formula is C25H30F3N5O4S. The van der Waals surface area contributed by atoms with E-state index in [1.807, 2.05) is 0 Å². The average molecular weight is 554 g/mol. The first kappa shape index (κ1) is 29.1. The minimum Gasteiger partial charge on any atom is -0.465 e. The van der Waals surface area contributed by atoms with Gasteiger partial charge >= 0.3 is 12.1 Å². The molecule has 0 spiro atoms. The van der Waals surface area contributed by atoms with Crippen molar-refractivity contribution in [1.82, 2.24) is 24.5 Å². The summed E-state index contributed by atoms with van der Waals surface area (Å²) in [5.41, 5.74) is 0.768. The van der Waals surface area contributed by atoms with Gasteiger partial charge in [-0.2, -0.15) is 18.3 Å². The minimum atomic E-state index is -4.71. The van der Waals surface area contributed by atoms with E-state index in [1.165, 1.54) is 16.9 Å². The molecule has 2 N–H and O–H groups in total. The number of hydrogen-bond acceptors (Lipinski definition) is 6. The maximum Gasteiger partial charge on any atom is 0.416 e. The van der Waals surface area contributed by atoms with Gasteiger partial charge in [-0.15, -0.1) is 0 Å². The Morgan fingerprint density at radius 1 is 1.29 bits per heavy atom. The van der Waals surface area contributed by atoms with Crippen molar-refractivity contribution in [3.63, 3.8) is 0 Å². The molecule has 2 heterocycles. The van der Waals surface area contributed by atoms with Crippen LogP contribution in [0.15, 0.2) is 54.6 Å². The van der Waals surface area contributed by atoms with Gasteiger partial charge in [0.2, 0.25) is 10.0 Å². The number of nitrogens with zero attached hydrogens (tertiary/aromatic N) is 3. The summed E-state index contributed by atoms with van der Waals surface area (Å²) in [4.78, 5) is 17.8. The number of sulfonamides is 1. The van der Waals surface area contributed by atoms with E-state index in [9.17, 15) is 26.4 Å². The highest BCUT2D eigenvalue weighted by molar-refractivity contribution is 7.89. The summed E-state index contributed by atoms with van der Waals surface area (Å²) < 4.78 is 75.4. The van der Waals surface area contributed by atoms with E-state index in [0.29, 0.717) is 48.6 Å². The lowest BCUT2D eigenvalue weighted by Gasteiger charge is -2.24. The van der Waals surface area contributed by atoms with Crippen molar-refractivity contribution in [2.24, 2.45) is 0 Å². The second-order valence-corrected chi connectivity index (χ2v) is 10.3. The van der Waals surface area contributed by atoms with Crippen molar-refractivity contribution >= 4 is 21.6 Å². The Labute approximate surface area is 219 Å². The monoisotopic (exact) mass is 553 g/mol. The summed E-state index contributed by atoms with van der Waals surface area (Å²) in [6.45, 7) is 7.29. The summed E-state index contributed by atoms with van der Waals surface area (Å²) in [6.07, 6.45) is 3.90. The predicted octanol–water partition coefficient (Wildman–Crippen LogP) is 4.65. The summed E-state index contributed by atoms with van der Waals surface area (Å²) >= 11 is 0. The molecule has 1 atom stereocenters. The Morgan fingerprint density at radius 3 is 2.63 bits per heavy atom. The fourth-order valence-electron chi connectivity index (χ4n) is 4.00. The van der Waals surface area contributed by atoms with Crippen LogP contribution in [-0.4, -0.2) is 40.7 Å². The average Bonchev–Trinajstić information content (AvgIpc) is 3.57. The first-order chi connectivity index (χ1) is 18.0. The number of halogens is 3. The third-order valence-corrected chi connectivity index (χ3v) is 7.38. The third kappa shape index (κ3) is 7.32. The van der Waals surface area contributed by atoms with Crippen molar-refractivity contribution in [3.8, 4) is 0 Å². The van der Waals surface area contributed by atoms with Crippen LogP contribution in [0.5, 0.6) is 0 Å². The second-order valence-electron chi connectivity index (χ2n) is 8.54. The van der Waals surface area contributed by atoms with Gasteiger partial charge in [0.15, 0.2) is 0 Å². The molecule has 1 unspecified atom stereocenters. The van der Waals surface area contributed by atoms with Crippen LogP contribution in [0, 0.1) is 0 Å². The zero-order chi connectivity index (χ0) is 27.9. The smallest absolute Gasteiger partial charge is 0.416 e. The molecule has 3 aromatic rings. The van der Waals surface area contributed by atoms with E-state index < -0.39 is 38.7 Å². The Kier molecular flexibility index (Phi) is 9.50. The molecule has 0 fully saturated rings. The number of fused-ring (bicyclic) bond motifs is 1. The van der Waals surface area contributed by atoms with Gasteiger partial charge in [-0.25, -0.2) is 18.1 Å². The van der Waals surface area contributed by atoms with Crippen LogP contribution in [0.25, 0.3) is 5.57 Å². The molecule has 1 aromatic carbocycles. The van der Waals surface area contributed by atoms with Crippen molar-refractivity contribution in [1.29, 1.82) is 0 Å². The van der Waals surface area contributed by atoms with Crippen LogP contribution in [0.4, 0.5) is 13.2 Å². The van der Waals surface area contributed by atoms with Crippen LogP contribution < -0.4 is 4.72 Å². The van der Waals surface area contributed by atoms with E-state index in [-0.39, 0.29) is 18.7 Å². The molecule has 0 saturated heterocycles. The zero-order valence-electron chi connectivity index (χ0n) is 21.1. The third-order valence-electron chi connectivity index (χ3n) is 5.93. The quantitative estimate of drug-likeness (QED) is 0.392. The number of imidazole rings is 1. The molecule has 0 saturated carbocycles. The lowest BCUT2D eigenvalue weighted by molar-refractivity contribution is -0.144. The molecular weight excluding hydrogens is 523 g/mol. The fraction of sp³-hybridized carbons (Fsp3) is 0.400. The topological polar surface area (TPSA) is 119 Å². The standard InChI is InChI=1S/C22H26F3N3O4S.C3H4N2/c1-4-14(3)15-9-16(22(23,24)25)11-17(10-15)33(30,31)27-19-7-6-8-20-18(19)12-26-28(20)13-21(29)32-5-2;1-2-5-3-4-1/h9-12,19,27H,3-8,13H2,1-2H3;1-3H,(H,4,5). The molecule has 13 heteroatoms. The number of nitrogens with one attached hydrogen (secondary N) is 2. The maximum absolute atomic E-state index is 13.4. The number of esters is 1. The van der Waals surface area contributed by atoms with Crippen LogP contribution in [0.2, 0.25) is 0 Å². The van der Waals surface area contributed by atoms with Crippen LogP contribution >= 0.6 is 0 Å². The van der Waals surface area contributed by atoms with Gasteiger partial charge in [0.05, 0.1) is 35.6 Å². The first-order valence-corrected chi connectivity index (χ1v) is 13.5. The number of ether oxygens (including phenoxy) is 1. The number of benzene rings is 1. The predicted molar refractivity (Wildman–Crippen MR) is 134 cm³/mol. The largest absolute Gasteiger partial charge is 0.465 e. The highest BCUT2D eigenvalue weighted by Crippen LogP contribution is 2.35. The Morgan fingerprint density at radius 2 is 2.05 bits per heavy atom. The summed E-state index contributed by atoms with van der Waals surface area (Å²) in [5.74, 6) is -0.459. The fourth-order valence-corrected chi connectivity index (χ4v) is 5.32. The number of rotatable bonds is 8. The number of aromatic nitrogens is 4. The first-order valence-electron chi connectivity index (χ1n) is 12.0. The Bertz CT molecular complexity index is 1330. The minimum absolute atomic E-state index is 0.0985. The number of carbonyl (C=O) groups excluding carboxylic acids is 1. The van der Waals surface area contributed by atoms with Gasteiger partial charge in [0.1, 0.15) is 6.54 Å². The van der Waals surface area contributed by atoms with Crippen LogP contribution in [0.3, 0.4) is 0 Å². The highest BCUT2D eigenvalue weighted by atomic mass is 32.2. The molecule has 2 aromatic heterocycles. The summed E-state index contributed by atoms with van der Waals surface area (Å²) in [6, 6.07) is 2.06. The van der Waals surface area contributed by atoms with Crippen molar-refractivity contribution < 1.29 is 31.1 Å². The number of aromatic amines is 1. The van der Waals surface area contributed by atoms with E-state index in [1.54, 1.807) is 32.6 Å². The van der Waals surface area contributed by atoms with E-state index in [4.69, 9.17) is 4.74 Å². The number of carbonyl (C=O) groups is 1. The van der Waals surface area contributed by atoms with Gasteiger partial charge < -0.3 is 9.72 Å². The van der Waals surface area contributed by atoms with Gasteiger partial charge in [-0.1, -0.05) is 13.5 Å². The van der Waals surface area contributed by atoms with Crippen LogP contribution in [-0.2, 0) is 38.7 Å². The Hall–Kier alpha value is -3.45. The number of alkyl halides is 3. The van der Waals surface area contributed by atoms with Crippen LogP contribution in [0.1, 0.15) is 61.5 Å². The van der Waals surface area contributed by atoms with E-state index in [0.717, 1.165) is 6.07 Å². The molecule has 0 radical (unpaired) electrons. The normalized spacial score (nSPS) is 15.2. The summed E-state index contributed by atoms with van der Waals surface area (Å²) in [5, 5.41) is 4.19. The SMILES string of the molecule is C=C(CC)c1cc(C(F)(F)F)cc(S(=O)(=O)NC2CCCc3c2cnn3CC(=O)OCC)c1.c1c[nH]cn1. The van der Waals surface area contributed by atoms with Crippen molar-refractivity contribution in [2.75, 3.05) is 6.61 Å². The number of hydrogen-bond donors (Lipinski definition) is 2. The van der Waals surface area contributed by atoms with Gasteiger partial charge in [-0.05, 0) is 61.9 Å². The molecule has 0 amide bonds. The molecule has 1 aliphatic carbocycles. The lowest BCUT2D eigenvalue weighted by atomic mass is 9.94. The molecule has 0 bridgehead atoms. The van der Waals surface area contributed by atoms with Gasteiger partial charge in [0.25, 0.3) is 0 Å². The van der Waals surface area contributed by atoms with E-state index >= 15 is 0 Å². The lowest BCUT2D eigenvalue weighted by Crippen LogP contribution is -2.31. The molecule has 38 heavy (non-hydrogen) atoms. The highest BCUT2D eigenvalue weighted by Gasteiger charge is 2.34. The molecule has 4 rings (SSSR count). The number of H-pyrrole nitrogens is 1. The van der Waals surface area contributed by atoms with E-state index in [2.05, 4.69) is 26.4 Å². The van der Waals surface area contributed by atoms with Crippen molar-refractivity contribution in [3.05, 3.63) is 72.1 Å². The molecule has 9 nitrogen and oxygen atoms in total. The zero-order valence-corrected chi connectivity index (χ0v) is 21.9. The molecule has 0 aliphatic heterocycles. The molecule has 1 aliphatic rings. The van der Waals surface area contributed by atoms with Gasteiger partial charge in [-0.3, -0.25) is 9.48 Å². The second kappa shape index (κ2) is 12.4. The molecule has 206 valence electrons. The van der Waals surface area contributed by atoms with Crippen molar-refractivity contribution in [2.45, 2.75) is 63.2 Å². The van der Waals surface area contributed by atoms with Gasteiger partial charge in [0, 0.05) is 23.7 Å². The Balaban J connectivity index is 0.000000715. The summed E-state index contributed by atoms with van der Waals surface area (Å²) in [7, 11) is -4.29. The number of allylic oxidation sites excluding steroid dienone is 1. The maximum atomic E-state index is 13.4.